The molecule has 0 radical (unpaired) electrons. The van der Waals surface area contributed by atoms with E-state index in [2.05, 4.69) is 222 Å². The number of aromatic nitrogens is 8. The van der Waals surface area contributed by atoms with Crippen LogP contribution in [0.5, 0.6) is 0 Å². The number of nitrogens with zero attached hydrogens (tertiary/aromatic N) is 8. The van der Waals surface area contributed by atoms with Crippen molar-refractivity contribution in [1.29, 1.82) is 0 Å². The summed E-state index contributed by atoms with van der Waals surface area (Å²) in [7, 11) is 0. The number of hydrogen-bond donors (Lipinski definition) is 0. The van der Waals surface area contributed by atoms with Gasteiger partial charge in [0, 0.05) is 67.7 Å². The summed E-state index contributed by atoms with van der Waals surface area (Å²) < 4.78 is 0. The Labute approximate surface area is 579 Å². The third kappa shape index (κ3) is 12.2. The van der Waals surface area contributed by atoms with Crippen LogP contribution >= 0.6 is 0 Å². The SMILES string of the molecule is c1ccc(-c2nc(-c3ccccc3)nc(-c3ccc(-c4cccc5c(-c6ccc(-c7cccc8cccnc78)cc6)cccc45)cc3)n2)cc1.c1ccc(-c2nc(-c3ccccc3)nc(-c3ccc(-c4cccc5c(-c6ccc(-c7cnc8ccccc8c7)cc6)cccc45)cc3)n2)cc1. The van der Waals surface area contributed by atoms with Gasteiger partial charge in [-0.2, -0.15) is 0 Å². The summed E-state index contributed by atoms with van der Waals surface area (Å²) in [6, 6.07) is 122. The molecule has 0 saturated carbocycles. The van der Waals surface area contributed by atoms with Gasteiger partial charge in [-0.25, -0.2) is 29.9 Å². The molecule has 0 saturated heterocycles. The summed E-state index contributed by atoms with van der Waals surface area (Å²) in [6.45, 7) is 0. The molecule has 0 spiro atoms. The average Bonchev–Trinajstić information content (AvgIpc) is 0.784. The smallest absolute Gasteiger partial charge is 0.164 e. The van der Waals surface area contributed by atoms with Crippen LogP contribution in [0.2, 0.25) is 0 Å². The van der Waals surface area contributed by atoms with Crippen molar-refractivity contribution in [2.24, 2.45) is 0 Å². The quantitative estimate of drug-likeness (QED) is 0.119. The number of para-hydroxylation sites is 2. The zero-order valence-electron chi connectivity index (χ0n) is 54.2. The lowest BCUT2D eigenvalue weighted by Gasteiger charge is -2.13. The fourth-order valence-electron chi connectivity index (χ4n) is 13.3. The summed E-state index contributed by atoms with van der Waals surface area (Å²) in [6.07, 6.45) is 3.82. The fraction of sp³-hybridized carbons (Fsp3) is 0. The molecule has 14 aromatic carbocycles. The lowest BCUT2D eigenvalue weighted by atomic mass is 9.92. The van der Waals surface area contributed by atoms with Gasteiger partial charge in [0.2, 0.25) is 0 Å². The number of hydrogen-bond acceptors (Lipinski definition) is 8. The van der Waals surface area contributed by atoms with Crippen LogP contribution in [-0.4, -0.2) is 39.9 Å². The summed E-state index contributed by atoms with van der Waals surface area (Å²) >= 11 is 0. The Bertz CT molecular complexity index is 5850. The summed E-state index contributed by atoms with van der Waals surface area (Å²) in [4.78, 5) is 38.6. The van der Waals surface area contributed by atoms with Crippen LogP contribution in [0, 0.1) is 0 Å². The first kappa shape index (κ1) is 60.1. The van der Waals surface area contributed by atoms with Crippen LogP contribution < -0.4 is 0 Å². The van der Waals surface area contributed by atoms with Crippen LogP contribution in [0.4, 0.5) is 0 Å². The molecule has 0 N–H and O–H groups in total. The minimum Gasteiger partial charge on any atom is -0.256 e. The van der Waals surface area contributed by atoms with E-state index in [0.29, 0.717) is 34.9 Å². The summed E-state index contributed by atoms with van der Waals surface area (Å²) in [5.41, 5.74) is 21.7. The molecule has 0 fully saturated rings. The highest BCUT2D eigenvalue weighted by atomic mass is 15.0. The Morgan fingerprint density at radius 1 is 0.170 bits per heavy atom. The minimum absolute atomic E-state index is 0.646. The lowest BCUT2D eigenvalue weighted by molar-refractivity contribution is 1.07. The summed E-state index contributed by atoms with van der Waals surface area (Å²) in [5, 5.41) is 7.13. The van der Waals surface area contributed by atoms with Gasteiger partial charge in [0.1, 0.15) is 0 Å². The third-order valence-corrected chi connectivity index (χ3v) is 18.4. The van der Waals surface area contributed by atoms with Gasteiger partial charge < -0.3 is 0 Å². The average molecular weight is 1280 g/mol. The molecule has 8 heteroatoms. The predicted molar refractivity (Wildman–Crippen MR) is 411 cm³/mol. The maximum absolute atomic E-state index is 4.91. The van der Waals surface area contributed by atoms with Gasteiger partial charge >= 0.3 is 0 Å². The van der Waals surface area contributed by atoms with Crippen molar-refractivity contribution in [2.75, 3.05) is 0 Å². The Balaban J connectivity index is 0.000000150. The Morgan fingerprint density at radius 3 is 0.830 bits per heavy atom. The molecule has 18 rings (SSSR count). The van der Waals surface area contributed by atoms with E-state index in [0.717, 1.165) is 88.6 Å². The van der Waals surface area contributed by atoms with Crippen molar-refractivity contribution in [3.05, 3.63) is 364 Å². The molecule has 0 aliphatic heterocycles. The van der Waals surface area contributed by atoms with Crippen molar-refractivity contribution in [2.45, 2.75) is 0 Å². The molecule has 100 heavy (non-hydrogen) atoms. The van der Waals surface area contributed by atoms with E-state index in [4.69, 9.17) is 29.9 Å². The minimum atomic E-state index is 0.646. The summed E-state index contributed by atoms with van der Waals surface area (Å²) in [5.74, 6) is 3.91. The molecule has 4 aromatic heterocycles. The molecule has 8 nitrogen and oxygen atoms in total. The Morgan fingerprint density at radius 2 is 0.450 bits per heavy atom. The first-order chi connectivity index (χ1) is 49.5. The van der Waals surface area contributed by atoms with E-state index >= 15 is 0 Å². The molecular weight excluding hydrogens is 1220 g/mol. The van der Waals surface area contributed by atoms with E-state index in [-0.39, 0.29) is 0 Å². The zero-order chi connectivity index (χ0) is 66.6. The Kier molecular flexibility index (Phi) is 16.2. The second-order valence-electron chi connectivity index (χ2n) is 24.6. The number of rotatable bonds is 12. The van der Waals surface area contributed by atoms with Crippen molar-refractivity contribution in [3.8, 4) is 135 Å². The van der Waals surface area contributed by atoms with Crippen molar-refractivity contribution in [1.82, 2.24) is 39.9 Å². The predicted octanol–water partition coefficient (Wildman–Crippen LogP) is 23.2. The fourth-order valence-corrected chi connectivity index (χ4v) is 13.3. The molecule has 0 bridgehead atoms. The van der Waals surface area contributed by atoms with E-state index in [9.17, 15) is 0 Å². The highest BCUT2D eigenvalue weighted by molar-refractivity contribution is 6.06. The monoisotopic (exact) mass is 1280 g/mol. The van der Waals surface area contributed by atoms with E-state index < -0.39 is 0 Å². The van der Waals surface area contributed by atoms with Crippen LogP contribution in [0.25, 0.3) is 178 Å². The van der Waals surface area contributed by atoms with Gasteiger partial charge in [-0.15, -0.1) is 0 Å². The highest BCUT2D eigenvalue weighted by Crippen LogP contribution is 2.40. The highest BCUT2D eigenvalue weighted by Gasteiger charge is 2.18. The van der Waals surface area contributed by atoms with Crippen LogP contribution in [-0.2, 0) is 0 Å². The van der Waals surface area contributed by atoms with Crippen LogP contribution in [0.1, 0.15) is 0 Å². The van der Waals surface area contributed by atoms with Crippen molar-refractivity contribution >= 4 is 43.4 Å². The van der Waals surface area contributed by atoms with Crippen molar-refractivity contribution < 1.29 is 0 Å². The lowest BCUT2D eigenvalue weighted by Crippen LogP contribution is -2.00. The standard InChI is InChI=1S/2C46H30N4/c1-3-11-35(12-4-1)44-48-45(36-13-5-2-6-14-36)50-46(49-44)37-28-26-32(27-29-37)39-18-9-20-41-38(17-8-21-42(39)41)31-22-24-33(25-23-31)40-19-7-15-34-16-10-30-47-43(34)40;1-3-11-34(12-4-1)44-48-45(35-13-5-2-6-14-35)50-46(49-44)36-27-25-33(26-28-36)40-17-10-18-41-39(16-9-19-42(40)41)32-23-21-31(22-24-32)38-29-37-15-7-8-20-43(37)47-30-38/h2*1-30H. The van der Waals surface area contributed by atoms with Gasteiger partial charge in [0.05, 0.1) is 11.0 Å². The van der Waals surface area contributed by atoms with Crippen LogP contribution in [0.3, 0.4) is 0 Å². The van der Waals surface area contributed by atoms with E-state index in [1.54, 1.807) is 0 Å². The first-order valence-electron chi connectivity index (χ1n) is 33.4. The molecule has 468 valence electrons. The maximum Gasteiger partial charge on any atom is 0.164 e. The van der Waals surface area contributed by atoms with Gasteiger partial charge in [-0.1, -0.05) is 334 Å². The van der Waals surface area contributed by atoms with Gasteiger partial charge in [-0.05, 0) is 95.4 Å². The van der Waals surface area contributed by atoms with Crippen molar-refractivity contribution in [3.63, 3.8) is 0 Å². The van der Waals surface area contributed by atoms with Gasteiger partial charge in [0.15, 0.2) is 34.9 Å². The molecule has 4 heterocycles. The second kappa shape index (κ2) is 26.9. The molecule has 0 aliphatic rings. The van der Waals surface area contributed by atoms with Gasteiger partial charge in [-0.3, -0.25) is 9.97 Å². The maximum atomic E-state index is 4.91. The molecule has 0 aliphatic carbocycles. The number of pyridine rings is 2. The zero-order valence-corrected chi connectivity index (χ0v) is 54.2. The van der Waals surface area contributed by atoms with E-state index in [1.165, 1.54) is 54.9 Å². The molecular formula is C92H60N8. The van der Waals surface area contributed by atoms with Gasteiger partial charge in [0.25, 0.3) is 0 Å². The number of fused-ring (bicyclic) bond motifs is 4. The third-order valence-electron chi connectivity index (χ3n) is 18.4. The van der Waals surface area contributed by atoms with E-state index in [1.807, 2.05) is 152 Å². The normalized spacial score (nSPS) is 11.2. The Hall–Kier alpha value is -13.6. The number of benzene rings is 14. The molecule has 0 amide bonds. The van der Waals surface area contributed by atoms with Crippen LogP contribution in [0.15, 0.2) is 364 Å². The second-order valence-corrected chi connectivity index (χ2v) is 24.6. The molecule has 0 unspecified atom stereocenters. The topological polar surface area (TPSA) is 103 Å². The molecule has 0 atom stereocenters. The largest absolute Gasteiger partial charge is 0.256 e. The molecule has 18 aromatic rings. The first-order valence-corrected chi connectivity index (χ1v) is 33.4.